The van der Waals surface area contributed by atoms with Crippen LogP contribution in [0.15, 0.2) is 30.5 Å². The van der Waals surface area contributed by atoms with Crippen LogP contribution < -0.4 is 5.32 Å². The largest absolute Gasteiger partial charge is 0.383 e. The van der Waals surface area contributed by atoms with Crippen molar-refractivity contribution in [3.8, 4) is 0 Å². The van der Waals surface area contributed by atoms with E-state index in [0.29, 0.717) is 5.92 Å². The molecule has 0 bridgehead atoms. The van der Waals surface area contributed by atoms with E-state index in [2.05, 4.69) is 42.9 Å². The standard InChI is InChI=1S/C16H21ClN2.2C2H6/c1-5-10(2)12(4)18-9-14-7-13-8-15(17)11(3)6-16(13)19-14;2*1-2/h6-8,10,18-19H,4-5,9H2,1-3H3;2*1-2H3. The Labute approximate surface area is 147 Å². The van der Waals surface area contributed by atoms with Gasteiger partial charge in [0.05, 0.1) is 6.54 Å². The Hall–Kier alpha value is -1.41. The van der Waals surface area contributed by atoms with Crippen LogP contribution >= 0.6 is 11.6 Å². The fourth-order valence-electron chi connectivity index (χ4n) is 2.05. The number of nitrogens with one attached hydrogen (secondary N) is 2. The number of hydrogen-bond donors (Lipinski definition) is 2. The Morgan fingerprint density at radius 1 is 1.22 bits per heavy atom. The van der Waals surface area contributed by atoms with Gasteiger partial charge in [0.15, 0.2) is 0 Å². The highest BCUT2D eigenvalue weighted by Gasteiger charge is 2.06. The first kappa shape index (κ1) is 21.6. The summed E-state index contributed by atoms with van der Waals surface area (Å²) >= 11 is 6.14. The SMILES string of the molecule is C=C(NCc1cc2cc(Cl)c(C)cc2[nH]1)C(C)CC.CC.CC. The molecule has 0 radical (unpaired) electrons. The molecule has 0 amide bonds. The van der Waals surface area contributed by atoms with Gasteiger partial charge in [-0.05, 0) is 43.0 Å². The van der Waals surface area contributed by atoms with Gasteiger partial charge in [-0.15, -0.1) is 0 Å². The highest BCUT2D eigenvalue weighted by atomic mass is 35.5. The molecule has 0 fully saturated rings. The van der Waals surface area contributed by atoms with E-state index in [1.165, 1.54) is 0 Å². The number of fused-ring (bicyclic) bond motifs is 1. The van der Waals surface area contributed by atoms with Crippen molar-refractivity contribution in [3.63, 3.8) is 0 Å². The van der Waals surface area contributed by atoms with Crippen molar-refractivity contribution in [2.24, 2.45) is 5.92 Å². The molecule has 1 unspecified atom stereocenters. The van der Waals surface area contributed by atoms with E-state index in [1.54, 1.807) is 0 Å². The minimum Gasteiger partial charge on any atom is -0.383 e. The van der Waals surface area contributed by atoms with Gasteiger partial charge in [-0.2, -0.15) is 0 Å². The molecule has 0 saturated heterocycles. The molecule has 0 aliphatic rings. The zero-order valence-electron chi connectivity index (χ0n) is 15.8. The summed E-state index contributed by atoms with van der Waals surface area (Å²) in [5.74, 6) is 0.501. The van der Waals surface area contributed by atoms with Crippen LogP contribution in [-0.4, -0.2) is 4.98 Å². The van der Waals surface area contributed by atoms with Crippen LogP contribution in [0.5, 0.6) is 0 Å². The molecule has 130 valence electrons. The van der Waals surface area contributed by atoms with Crippen LogP contribution in [0.2, 0.25) is 5.02 Å². The number of H-pyrrole nitrogens is 1. The van der Waals surface area contributed by atoms with E-state index in [4.69, 9.17) is 11.6 Å². The monoisotopic (exact) mass is 336 g/mol. The zero-order valence-corrected chi connectivity index (χ0v) is 16.6. The predicted octanol–water partition coefficient (Wildman–Crippen LogP) is 6.83. The molecule has 0 aliphatic carbocycles. The second kappa shape index (κ2) is 11.2. The summed E-state index contributed by atoms with van der Waals surface area (Å²) < 4.78 is 0. The minimum absolute atomic E-state index is 0.501. The Morgan fingerprint density at radius 3 is 2.39 bits per heavy atom. The normalized spacial score (nSPS) is 11.0. The fraction of sp³-hybridized carbons (Fsp3) is 0.500. The van der Waals surface area contributed by atoms with Gasteiger partial charge >= 0.3 is 0 Å². The van der Waals surface area contributed by atoms with E-state index in [9.17, 15) is 0 Å². The van der Waals surface area contributed by atoms with Crippen molar-refractivity contribution < 1.29 is 0 Å². The van der Waals surface area contributed by atoms with Gasteiger partial charge in [0.2, 0.25) is 0 Å². The number of hydrogen-bond acceptors (Lipinski definition) is 1. The second-order valence-corrected chi connectivity index (χ2v) is 5.58. The fourth-order valence-corrected chi connectivity index (χ4v) is 2.22. The van der Waals surface area contributed by atoms with Gasteiger partial charge in [0, 0.05) is 27.3 Å². The number of halogens is 1. The lowest BCUT2D eigenvalue weighted by atomic mass is 10.1. The van der Waals surface area contributed by atoms with Crippen LogP contribution in [0.1, 0.15) is 59.2 Å². The summed E-state index contributed by atoms with van der Waals surface area (Å²) in [7, 11) is 0. The first-order valence-corrected chi connectivity index (χ1v) is 9.09. The molecule has 2 aromatic rings. The Morgan fingerprint density at radius 2 is 1.83 bits per heavy atom. The predicted molar refractivity (Wildman–Crippen MR) is 106 cm³/mol. The quantitative estimate of drug-likeness (QED) is 0.615. The molecular weight excluding hydrogens is 304 g/mol. The molecule has 1 aromatic carbocycles. The minimum atomic E-state index is 0.501. The molecule has 1 heterocycles. The van der Waals surface area contributed by atoms with Crippen molar-refractivity contribution in [2.45, 2.75) is 61.4 Å². The van der Waals surface area contributed by atoms with Gasteiger partial charge in [0.1, 0.15) is 0 Å². The molecule has 1 aromatic heterocycles. The highest BCUT2D eigenvalue weighted by molar-refractivity contribution is 6.32. The third kappa shape index (κ3) is 6.31. The lowest BCUT2D eigenvalue weighted by Crippen LogP contribution is -2.17. The van der Waals surface area contributed by atoms with E-state index in [1.807, 2.05) is 40.7 Å². The van der Waals surface area contributed by atoms with Crippen LogP contribution in [-0.2, 0) is 6.54 Å². The maximum Gasteiger partial charge on any atom is 0.0548 e. The van der Waals surface area contributed by atoms with Crippen molar-refractivity contribution in [2.75, 3.05) is 0 Å². The van der Waals surface area contributed by atoms with Crippen molar-refractivity contribution >= 4 is 22.5 Å². The Kier molecular flexibility index (Phi) is 10.5. The molecule has 2 rings (SSSR count). The van der Waals surface area contributed by atoms with Crippen molar-refractivity contribution in [3.05, 3.63) is 46.8 Å². The topological polar surface area (TPSA) is 27.8 Å². The lowest BCUT2D eigenvalue weighted by Gasteiger charge is -2.14. The van der Waals surface area contributed by atoms with Crippen LogP contribution in [0, 0.1) is 12.8 Å². The highest BCUT2D eigenvalue weighted by Crippen LogP contribution is 2.24. The molecular formula is C20H33ClN2. The molecule has 1 atom stereocenters. The molecule has 23 heavy (non-hydrogen) atoms. The molecule has 3 heteroatoms. The van der Waals surface area contributed by atoms with E-state index in [-0.39, 0.29) is 0 Å². The van der Waals surface area contributed by atoms with Gasteiger partial charge in [-0.25, -0.2) is 0 Å². The summed E-state index contributed by atoms with van der Waals surface area (Å²) in [5.41, 5.74) is 4.48. The smallest absolute Gasteiger partial charge is 0.0548 e. The number of allylic oxidation sites excluding steroid dienone is 1. The lowest BCUT2D eigenvalue weighted by molar-refractivity contribution is 0.587. The third-order valence-corrected chi connectivity index (χ3v) is 4.08. The second-order valence-electron chi connectivity index (χ2n) is 5.17. The summed E-state index contributed by atoms with van der Waals surface area (Å²) in [6, 6.07) is 6.23. The average Bonchev–Trinajstić information content (AvgIpc) is 2.97. The number of aromatic amines is 1. The maximum absolute atomic E-state index is 6.14. The molecule has 2 N–H and O–H groups in total. The van der Waals surface area contributed by atoms with Crippen molar-refractivity contribution in [1.82, 2.24) is 10.3 Å². The van der Waals surface area contributed by atoms with E-state index >= 15 is 0 Å². The van der Waals surface area contributed by atoms with Crippen LogP contribution in [0.25, 0.3) is 10.9 Å². The van der Waals surface area contributed by atoms with Gasteiger partial charge < -0.3 is 10.3 Å². The van der Waals surface area contributed by atoms with E-state index in [0.717, 1.165) is 45.8 Å². The van der Waals surface area contributed by atoms with Gasteiger partial charge in [0.25, 0.3) is 0 Å². The first-order valence-electron chi connectivity index (χ1n) is 8.71. The molecule has 0 spiro atoms. The number of rotatable bonds is 5. The maximum atomic E-state index is 6.14. The summed E-state index contributed by atoms with van der Waals surface area (Å²) in [6.45, 7) is 19.2. The number of aryl methyl sites for hydroxylation is 1. The third-order valence-electron chi connectivity index (χ3n) is 3.67. The van der Waals surface area contributed by atoms with Gasteiger partial charge in [-0.1, -0.05) is 59.7 Å². The van der Waals surface area contributed by atoms with Crippen molar-refractivity contribution in [1.29, 1.82) is 0 Å². The summed E-state index contributed by atoms with van der Waals surface area (Å²) in [4.78, 5) is 3.41. The number of aromatic nitrogens is 1. The van der Waals surface area contributed by atoms with Crippen LogP contribution in [0.3, 0.4) is 0 Å². The Bertz CT molecular complexity index is 560. The Balaban J connectivity index is 0.00000112. The molecule has 0 aliphatic heterocycles. The zero-order chi connectivity index (χ0) is 18.0. The first-order chi connectivity index (χ1) is 11.0. The summed E-state index contributed by atoms with van der Waals surface area (Å²) in [6.07, 6.45) is 1.10. The van der Waals surface area contributed by atoms with E-state index < -0.39 is 0 Å². The van der Waals surface area contributed by atoms with Gasteiger partial charge in [-0.3, -0.25) is 0 Å². The average molecular weight is 337 g/mol. The molecule has 2 nitrogen and oxygen atoms in total. The summed E-state index contributed by atoms with van der Waals surface area (Å²) in [5, 5.41) is 5.35. The van der Waals surface area contributed by atoms with Crippen LogP contribution in [0.4, 0.5) is 0 Å². The number of benzene rings is 1. The molecule has 0 saturated carbocycles.